The molecule has 6 N–H and O–H groups in total. The summed E-state index contributed by atoms with van der Waals surface area (Å²) in [4.78, 5) is 25.0. The first-order valence-electron chi connectivity index (χ1n) is 12.0. The fraction of sp³-hybridized carbons (Fsp3) is 0.231. The number of aromatic nitrogens is 5. The molecule has 10 heteroatoms. The summed E-state index contributed by atoms with van der Waals surface area (Å²) in [7, 11) is 1.58. The zero-order chi connectivity index (χ0) is 24.6. The number of quaternary nitrogens is 1. The number of aromatic amines is 1. The molecule has 0 atom stereocenters. The zero-order valence-corrected chi connectivity index (χ0v) is 19.9. The number of nitrogens with two attached hydrogens (primary N) is 2. The molecule has 0 spiro atoms. The van der Waals surface area contributed by atoms with Gasteiger partial charge in [0.1, 0.15) is 23.6 Å². The summed E-state index contributed by atoms with van der Waals surface area (Å²) < 4.78 is 7.65. The smallest absolute Gasteiger partial charge is 0.257 e. The minimum Gasteiger partial charge on any atom is -0.495 e. The lowest BCUT2D eigenvalue weighted by Crippen LogP contribution is -2.86. The molecule has 4 heterocycles. The highest BCUT2D eigenvalue weighted by atomic mass is 16.5. The van der Waals surface area contributed by atoms with Gasteiger partial charge in [-0.1, -0.05) is 24.3 Å². The van der Waals surface area contributed by atoms with Gasteiger partial charge in [-0.2, -0.15) is 5.10 Å². The van der Waals surface area contributed by atoms with Crippen LogP contribution in [-0.2, 0) is 0 Å². The van der Waals surface area contributed by atoms with Crippen LogP contribution < -0.4 is 21.1 Å². The largest absolute Gasteiger partial charge is 0.495 e. The number of nitrogen functional groups attached to an aromatic ring is 1. The number of ether oxygens (including phenoxy) is 1. The molecule has 0 bridgehead atoms. The average molecular weight is 484 g/mol. The maximum absolute atomic E-state index is 13.1. The molecular weight excluding hydrogens is 456 g/mol. The van der Waals surface area contributed by atoms with E-state index in [1.54, 1.807) is 13.3 Å². The number of nitrogens with zero attached hydrogens (tertiary/aromatic N) is 4. The molecule has 3 aromatic heterocycles. The van der Waals surface area contributed by atoms with Gasteiger partial charge < -0.3 is 26.1 Å². The third kappa shape index (κ3) is 3.72. The number of rotatable bonds is 5. The van der Waals surface area contributed by atoms with Gasteiger partial charge in [0.05, 0.1) is 42.9 Å². The average Bonchev–Trinajstić information content (AvgIpc) is 3.52. The summed E-state index contributed by atoms with van der Waals surface area (Å²) in [5, 5.41) is 11.8. The van der Waals surface area contributed by atoms with Crippen molar-refractivity contribution in [3.8, 4) is 17.0 Å². The third-order valence-corrected chi connectivity index (χ3v) is 6.83. The van der Waals surface area contributed by atoms with E-state index in [1.807, 2.05) is 47.1 Å². The van der Waals surface area contributed by atoms with Gasteiger partial charge in [0.2, 0.25) is 0 Å². The summed E-state index contributed by atoms with van der Waals surface area (Å²) in [6.45, 7) is 2.11. The normalized spacial score (nSPS) is 14.4. The molecule has 5 aromatic rings. The van der Waals surface area contributed by atoms with Crippen molar-refractivity contribution in [2.24, 2.45) is 0 Å². The van der Waals surface area contributed by atoms with Crippen molar-refractivity contribution < 1.29 is 14.8 Å². The highest BCUT2D eigenvalue weighted by Crippen LogP contribution is 2.37. The highest BCUT2D eigenvalue weighted by Gasteiger charge is 2.25. The van der Waals surface area contributed by atoms with Crippen molar-refractivity contribution in [1.29, 1.82) is 0 Å². The Balaban J connectivity index is 1.37. The molecule has 182 valence electrons. The van der Waals surface area contributed by atoms with Gasteiger partial charge in [-0.25, -0.2) is 14.6 Å². The predicted molar refractivity (Wildman–Crippen MR) is 138 cm³/mol. The molecular formula is C26H27N8O2+. The minimum atomic E-state index is -0.222. The maximum Gasteiger partial charge on any atom is 0.257 e. The first-order valence-corrected chi connectivity index (χ1v) is 12.0. The Morgan fingerprint density at radius 3 is 2.86 bits per heavy atom. The molecule has 10 nitrogen and oxygen atoms in total. The number of amides is 1. The van der Waals surface area contributed by atoms with Crippen molar-refractivity contribution in [1.82, 2.24) is 24.7 Å². The second-order valence-electron chi connectivity index (χ2n) is 8.97. The maximum atomic E-state index is 13.1. The number of hydrogen-bond acceptors (Lipinski definition) is 6. The van der Waals surface area contributed by atoms with Crippen LogP contribution >= 0.6 is 0 Å². The molecule has 2 aromatic carbocycles. The number of methoxy groups -OCH3 is 1. The Morgan fingerprint density at radius 1 is 1.19 bits per heavy atom. The van der Waals surface area contributed by atoms with Gasteiger partial charge in [0.15, 0.2) is 5.65 Å². The van der Waals surface area contributed by atoms with Crippen molar-refractivity contribution in [3.05, 3.63) is 60.6 Å². The van der Waals surface area contributed by atoms with E-state index in [2.05, 4.69) is 25.6 Å². The second-order valence-corrected chi connectivity index (χ2v) is 8.97. The first-order chi connectivity index (χ1) is 17.6. The lowest BCUT2D eigenvalue weighted by atomic mass is 10.1. The molecule has 0 unspecified atom stereocenters. The van der Waals surface area contributed by atoms with Crippen LogP contribution in [0.1, 0.15) is 29.2 Å². The van der Waals surface area contributed by atoms with Crippen LogP contribution in [0.4, 0.5) is 11.5 Å². The molecule has 6 rings (SSSR count). The summed E-state index contributed by atoms with van der Waals surface area (Å²) >= 11 is 0. The molecule has 0 aliphatic carbocycles. The van der Waals surface area contributed by atoms with E-state index in [-0.39, 0.29) is 11.9 Å². The Kier molecular flexibility index (Phi) is 5.49. The van der Waals surface area contributed by atoms with Gasteiger partial charge in [-0.15, -0.1) is 0 Å². The van der Waals surface area contributed by atoms with Crippen molar-refractivity contribution in [3.63, 3.8) is 0 Å². The topological polar surface area (TPSA) is 140 Å². The standard InChI is InChI=1S/C26H26N8O2/c1-36-21-12-15(6-7-20(21)32-26(35)18-13-29-19-5-3-2-4-17(18)19)23-22-24(27)30-14-31-25(22)34(33-23)16-8-10-28-11-9-16/h2-7,12-14,16,28-29H,8-11H2,1H3,(H,32,35)(H2,27,30,31)/p+1. The number of fused-ring (bicyclic) bond motifs is 2. The molecule has 1 fully saturated rings. The van der Waals surface area contributed by atoms with Gasteiger partial charge in [-0.05, 0) is 18.2 Å². The highest BCUT2D eigenvalue weighted by molar-refractivity contribution is 6.13. The third-order valence-electron chi connectivity index (χ3n) is 6.83. The number of para-hydroxylation sites is 1. The van der Waals surface area contributed by atoms with Gasteiger partial charge in [0.25, 0.3) is 5.91 Å². The van der Waals surface area contributed by atoms with Gasteiger partial charge >= 0.3 is 0 Å². The molecule has 36 heavy (non-hydrogen) atoms. The van der Waals surface area contributed by atoms with Crippen molar-refractivity contribution >= 4 is 39.3 Å². The Labute approximate surface area is 206 Å². The Bertz CT molecular complexity index is 1580. The fourth-order valence-electron chi connectivity index (χ4n) is 5.00. The minimum absolute atomic E-state index is 0.222. The van der Waals surface area contributed by atoms with E-state index < -0.39 is 0 Å². The number of H-pyrrole nitrogens is 1. The van der Waals surface area contributed by atoms with Gasteiger partial charge in [0, 0.05) is 35.5 Å². The van der Waals surface area contributed by atoms with Crippen LogP contribution in [0.15, 0.2) is 55.0 Å². The number of hydrogen-bond donors (Lipinski definition) is 4. The van der Waals surface area contributed by atoms with Crippen LogP contribution in [0.3, 0.4) is 0 Å². The molecule has 0 radical (unpaired) electrons. The lowest BCUT2D eigenvalue weighted by Gasteiger charge is -2.21. The van der Waals surface area contributed by atoms with E-state index in [9.17, 15) is 4.79 Å². The summed E-state index contributed by atoms with van der Waals surface area (Å²) in [6.07, 6.45) is 5.23. The van der Waals surface area contributed by atoms with Crippen LogP contribution in [-0.4, -0.2) is 50.8 Å². The number of carbonyl (C=O) groups excluding carboxylic acids is 1. The fourth-order valence-corrected chi connectivity index (χ4v) is 5.00. The second kappa shape index (κ2) is 8.97. The van der Waals surface area contributed by atoms with Crippen LogP contribution in [0.2, 0.25) is 0 Å². The van der Waals surface area contributed by atoms with Crippen molar-refractivity contribution in [2.45, 2.75) is 18.9 Å². The number of nitrogens with one attached hydrogen (secondary N) is 2. The Hall–Kier alpha value is -4.44. The van der Waals surface area contributed by atoms with E-state index >= 15 is 0 Å². The van der Waals surface area contributed by atoms with E-state index in [1.165, 1.54) is 6.33 Å². The Morgan fingerprint density at radius 2 is 2.03 bits per heavy atom. The number of anilines is 2. The molecule has 1 amide bonds. The number of carbonyl (C=O) groups is 1. The van der Waals surface area contributed by atoms with E-state index in [4.69, 9.17) is 15.6 Å². The van der Waals surface area contributed by atoms with Gasteiger partial charge in [-0.3, -0.25) is 4.79 Å². The lowest BCUT2D eigenvalue weighted by molar-refractivity contribution is -0.664. The summed E-state index contributed by atoms with van der Waals surface area (Å²) in [6, 6.07) is 13.5. The molecule has 1 saturated heterocycles. The zero-order valence-electron chi connectivity index (χ0n) is 19.9. The van der Waals surface area contributed by atoms with Crippen LogP contribution in [0.5, 0.6) is 5.75 Å². The summed E-state index contributed by atoms with van der Waals surface area (Å²) in [5.74, 6) is 0.686. The number of benzene rings is 2. The predicted octanol–water partition coefficient (Wildman–Crippen LogP) is 2.72. The molecule has 1 aliphatic rings. The van der Waals surface area contributed by atoms with E-state index in [0.29, 0.717) is 28.5 Å². The quantitative estimate of drug-likeness (QED) is 0.303. The SMILES string of the molecule is COc1cc(-c2nn(C3CC[NH2+]CC3)c3ncnc(N)c23)ccc1NC(=O)c1c[nH]c2ccccc12. The summed E-state index contributed by atoms with van der Waals surface area (Å²) in [5.41, 5.74) is 10.6. The first kappa shape index (κ1) is 22.1. The number of piperidine rings is 1. The van der Waals surface area contributed by atoms with Crippen LogP contribution in [0, 0.1) is 0 Å². The van der Waals surface area contributed by atoms with Crippen LogP contribution in [0.25, 0.3) is 33.2 Å². The molecule has 1 aliphatic heterocycles. The molecule has 0 saturated carbocycles. The van der Waals surface area contributed by atoms with E-state index in [0.717, 1.165) is 53.4 Å². The van der Waals surface area contributed by atoms with Crippen molar-refractivity contribution in [2.75, 3.05) is 31.2 Å². The monoisotopic (exact) mass is 483 g/mol.